The number of rotatable bonds is 1. The van der Waals surface area contributed by atoms with Gasteiger partial charge in [-0.15, -0.1) is 0 Å². The van der Waals surface area contributed by atoms with E-state index < -0.39 is 0 Å². The van der Waals surface area contributed by atoms with Crippen molar-refractivity contribution in [1.29, 1.82) is 0 Å². The summed E-state index contributed by atoms with van der Waals surface area (Å²) in [6, 6.07) is 3.13. The molecule has 0 fully saturated rings. The Morgan fingerprint density at radius 1 is 1.36 bits per heavy atom. The van der Waals surface area contributed by atoms with Gasteiger partial charge in [0.25, 0.3) is 0 Å². The Balaban J connectivity index is 3.31. The molecular weight excluding hydrogens is 251 g/mol. The predicted octanol–water partition coefficient (Wildman–Crippen LogP) is 3.57. The van der Waals surface area contributed by atoms with Crippen molar-refractivity contribution in [2.45, 2.75) is 0 Å². The standard InChI is InChI=1S/C7H3BrCl2O/c8-5-1-4(3-11)2-6(9)7(5)10/h1-3H. The van der Waals surface area contributed by atoms with Gasteiger partial charge < -0.3 is 0 Å². The van der Waals surface area contributed by atoms with E-state index in [2.05, 4.69) is 15.9 Å². The number of hydrogen-bond acceptors (Lipinski definition) is 1. The molecule has 0 unspecified atom stereocenters. The minimum absolute atomic E-state index is 0.378. The van der Waals surface area contributed by atoms with E-state index in [9.17, 15) is 4.79 Å². The van der Waals surface area contributed by atoms with Crippen molar-refractivity contribution in [3.63, 3.8) is 0 Å². The molecular formula is C7H3BrCl2O. The number of halogens is 3. The number of aldehydes is 1. The number of carbonyl (C=O) groups is 1. The highest BCUT2D eigenvalue weighted by molar-refractivity contribution is 9.10. The molecule has 0 bridgehead atoms. The molecule has 0 spiro atoms. The van der Waals surface area contributed by atoms with Gasteiger partial charge in [0.05, 0.1) is 10.0 Å². The molecule has 0 radical (unpaired) electrons. The summed E-state index contributed by atoms with van der Waals surface area (Å²) in [6.07, 6.45) is 0.715. The number of hydrogen-bond donors (Lipinski definition) is 0. The Morgan fingerprint density at radius 2 is 2.00 bits per heavy atom. The van der Waals surface area contributed by atoms with Crippen molar-refractivity contribution in [2.24, 2.45) is 0 Å². The van der Waals surface area contributed by atoms with Crippen LogP contribution in [-0.2, 0) is 0 Å². The maximum atomic E-state index is 10.3. The zero-order chi connectivity index (χ0) is 8.43. The highest BCUT2D eigenvalue weighted by Gasteiger charge is 2.03. The molecule has 0 aliphatic heterocycles. The molecule has 0 aromatic heterocycles. The Hall–Kier alpha value is -0.0500. The first kappa shape index (κ1) is 9.04. The van der Waals surface area contributed by atoms with Crippen molar-refractivity contribution in [1.82, 2.24) is 0 Å². The van der Waals surface area contributed by atoms with Crippen molar-refractivity contribution < 1.29 is 4.79 Å². The lowest BCUT2D eigenvalue weighted by molar-refractivity contribution is 0.112. The van der Waals surface area contributed by atoms with E-state index in [4.69, 9.17) is 23.2 Å². The first-order valence-corrected chi connectivity index (χ1v) is 4.29. The van der Waals surface area contributed by atoms with Crippen molar-refractivity contribution in [3.05, 3.63) is 32.2 Å². The van der Waals surface area contributed by atoms with Gasteiger partial charge in [-0.3, -0.25) is 4.79 Å². The summed E-state index contributed by atoms with van der Waals surface area (Å²) in [4.78, 5) is 10.3. The Morgan fingerprint density at radius 3 is 2.45 bits per heavy atom. The van der Waals surface area contributed by atoms with Gasteiger partial charge in [0.15, 0.2) is 0 Å². The fourth-order valence-electron chi connectivity index (χ4n) is 0.643. The van der Waals surface area contributed by atoms with Crippen molar-refractivity contribution in [3.8, 4) is 0 Å². The molecule has 1 rings (SSSR count). The Labute approximate surface area is 82.4 Å². The van der Waals surface area contributed by atoms with Crippen LogP contribution in [0, 0.1) is 0 Å². The lowest BCUT2D eigenvalue weighted by Crippen LogP contribution is -1.80. The summed E-state index contributed by atoms with van der Waals surface area (Å²) < 4.78 is 0.633. The summed E-state index contributed by atoms with van der Waals surface area (Å²) >= 11 is 14.6. The Bertz CT molecular complexity index is 275. The van der Waals surface area contributed by atoms with E-state index in [1.54, 1.807) is 6.07 Å². The second kappa shape index (κ2) is 3.57. The highest BCUT2D eigenvalue weighted by Crippen LogP contribution is 2.30. The van der Waals surface area contributed by atoms with Gasteiger partial charge in [-0.05, 0) is 28.1 Å². The van der Waals surface area contributed by atoms with Gasteiger partial charge in [0.1, 0.15) is 6.29 Å². The van der Waals surface area contributed by atoms with Crippen LogP contribution in [-0.4, -0.2) is 6.29 Å². The average molecular weight is 254 g/mol. The van der Waals surface area contributed by atoms with E-state index in [0.717, 1.165) is 0 Å². The summed E-state index contributed by atoms with van der Waals surface area (Å²) in [5.74, 6) is 0. The average Bonchev–Trinajstić information content (AvgIpc) is 1.99. The van der Waals surface area contributed by atoms with Crippen LogP contribution in [0.5, 0.6) is 0 Å². The molecule has 1 aromatic carbocycles. The molecule has 1 aromatic rings. The van der Waals surface area contributed by atoms with E-state index in [1.165, 1.54) is 6.07 Å². The van der Waals surface area contributed by atoms with Gasteiger partial charge in [-0.1, -0.05) is 23.2 Å². The lowest BCUT2D eigenvalue weighted by Gasteiger charge is -1.98. The summed E-state index contributed by atoms with van der Waals surface area (Å²) in [6.45, 7) is 0. The fraction of sp³-hybridized carbons (Fsp3) is 0. The molecule has 0 N–H and O–H groups in total. The first-order chi connectivity index (χ1) is 5.15. The molecule has 0 saturated heterocycles. The smallest absolute Gasteiger partial charge is 0.150 e. The third kappa shape index (κ3) is 1.95. The van der Waals surface area contributed by atoms with E-state index in [1.807, 2.05) is 0 Å². The summed E-state index contributed by atoms with van der Waals surface area (Å²) in [5, 5.41) is 0.806. The largest absolute Gasteiger partial charge is 0.298 e. The molecule has 0 aliphatic rings. The fourth-order valence-corrected chi connectivity index (χ4v) is 1.57. The normalized spacial score (nSPS) is 9.73. The van der Waals surface area contributed by atoms with Crippen LogP contribution >= 0.6 is 39.1 Å². The van der Waals surface area contributed by atoms with Gasteiger partial charge >= 0.3 is 0 Å². The van der Waals surface area contributed by atoms with Crippen LogP contribution in [0.3, 0.4) is 0 Å². The van der Waals surface area contributed by atoms with Crippen molar-refractivity contribution in [2.75, 3.05) is 0 Å². The third-order valence-electron chi connectivity index (χ3n) is 1.14. The van der Waals surface area contributed by atoms with E-state index in [-0.39, 0.29) is 0 Å². The number of carbonyl (C=O) groups excluding carboxylic acids is 1. The Kier molecular flexibility index (Phi) is 2.93. The van der Waals surface area contributed by atoms with Crippen LogP contribution in [0.25, 0.3) is 0 Å². The van der Waals surface area contributed by atoms with Crippen LogP contribution in [0.1, 0.15) is 10.4 Å². The minimum Gasteiger partial charge on any atom is -0.298 e. The van der Waals surface area contributed by atoms with Gasteiger partial charge in [-0.25, -0.2) is 0 Å². The maximum absolute atomic E-state index is 10.3. The van der Waals surface area contributed by atoms with E-state index >= 15 is 0 Å². The minimum atomic E-state index is 0.378. The molecule has 0 heterocycles. The quantitative estimate of drug-likeness (QED) is 0.553. The van der Waals surface area contributed by atoms with Gasteiger partial charge in [-0.2, -0.15) is 0 Å². The zero-order valence-electron chi connectivity index (χ0n) is 5.27. The number of benzene rings is 1. The second-order valence-corrected chi connectivity index (χ2v) is 3.56. The second-order valence-electron chi connectivity index (χ2n) is 1.92. The molecule has 1 nitrogen and oxygen atoms in total. The van der Waals surface area contributed by atoms with Crippen LogP contribution in [0.2, 0.25) is 10.0 Å². The van der Waals surface area contributed by atoms with Crippen LogP contribution in [0.15, 0.2) is 16.6 Å². The van der Waals surface area contributed by atoms with Gasteiger partial charge in [0, 0.05) is 10.0 Å². The summed E-state index contributed by atoms with van der Waals surface area (Å²) in [5.41, 5.74) is 0.506. The molecule has 11 heavy (non-hydrogen) atoms. The van der Waals surface area contributed by atoms with E-state index in [0.29, 0.717) is 26.4 Å². The van der Waals surface area contributed by atoms with Gasteiger partial charge in [0.2, 0.25) is 0 Å². The first-order valence-electron chi connectivity index (χ1n) is 2.75. The molecule has 0 saturated carbocycles. The molecule has 0 aliphatic carbocycles. The van der Waals surface area contributed by atoms with Crippen LogP contribution < -0.4 is 0 Å². The zero-order valence-corrected chi connectivity index (χ0v) is 8.37. The lowest BCUT2D eigenvalue weighted by atomic mass is 10.2. The molecule has 0 atom stereocenters. The molecule has 58 valence electrons. The van der Waals surface area contributed by atoms with Crippen molar-refractivity contribution >= 4 is 45.4 Å². The molecule has 4 heteroatoms. The predicted molar refractivity (Wildman–Crippen MR) is 49.5 cm³/mol. The molecule has 0 amide bonds. The maximum Gasteiger partial charge on any atom is 0.150 e. The third-order valence-corrected chi connectivity index (χ3v) is 2.80. The SMILES string of the molecule is O=Cc1cc(Cl)c(Cl)c(Br)c1. The highest BCUT2D eigenvalue weighted by atomic mass is 79.9. The summed E-state index contributed by atoms with van der Waals surface area (Å²) in [7, 11) is 0. The monoisotopic (exact) mass is 252 g/mol. The topological polar surface area (TPSA) is 17.1 Å². The van der Waals surface area contributed by atoms with Crippen LogP contribution in [0.4, 0.5) is 0 Å².